The summed E-state index contributed by atoms with van der Waals surface area (Å²) >= 11 is 0. The number of benzene rings is 2. The SMILES string of the molecule is CC(=O)Nc1cccc(NC(=O)C2CCN(C(=O)c3ccc(C)cc3)CC2)c1. The van der Waals surface area contributed by atoms with Crippen LogP contribution >= 0.6 is 0 Å². The number of rotatable bonds is 4. The molecule has 0 radical (unpaired) electrons. The maximum absolute atomic E-state index is 12.6. The van der Waals surface area contributed by atoms with Crippen molar-refractivity contribution in [3.05, 3.63) is 59.7 Å². The number of hydrogen-bond donors (Lipinski definition) is 2. The minimum absolute atomic E-state index is 0.0156. The third kappa shape index (κ3) is 4.97. The van der Waals surface area contributed by atoms with Crippen LogP contribution in [-0.2, 0) is 9.59 Å². The van der Waals surface area contributed by atoms with Gasteiger partial charge in [-0.15, -0.1) is 0 Å². The average Bonchev–Trinajstić information content (AvgIpc) is 2.68. The van der Waals surface area contributed by atoms with E-state index in [4.69, 9.17) is 0 Å². The van der Waals surface area contributed by atoms with Crippen LogP contribution in [0.3, 0.4) is 0 Å². The summed E-state index contributed by atoms with van der Waals surface area (Å²) in [4.78, 5) is 38.2. The van der Waals surface area contributed by atoms with Gasteiger partial charge in [0.05, 0.1) is 0 Å². The largest absolute Gasteiger partial charge is 0.339 e. The number of nitrogens with zero attached hydrogens (tertiary/aromatic N) is 1. The highest BCUT2D eigenvalue weighted by molar-refractivity contribution is 5.96. The van der Waals surface area contributed by atoms with Gasteiger partial charge in [0.2, 0.25) is 11.8 Å². The van der Waals surface area contributed by atoms with Gasteiger partial charge in [-0.05, 0) is 50.1 Å². The van der Waals surface area contributed by atoms with E-state index < -0.39 is 0 Å². The first-order valence-electron chi connectivity index (χ1n) is 9.47. The fraction of sp³-hybridized carbons (Fsp3) is 0.318. The molecule has 2 aromatic rings. The highest BCUT2D eigenvalue weighted by Crippen LogP contribution is 2.22. The van der Waals surface area contributed by atoms with Gasteiger partial charge in [0.15, 0.2) is 0 Å². The summed E-state index contributed by atoms with van der Waals surface area (Å²) in [6.45, 7) is 4.56. The van der Waals surface area contributed by atoms with Crippen molar-refractivity contribution in [3.63, 3.8) is 0 Å². The van der Waals surface area contributed by atoms with Crippen molar-refractivity contribution in [3.8, 4) is 0 Å². The van der Waals surface area contributed by atoms with Crippen LogP contribution in [0.1, 0.15) is 35.7 Å². The van der Waals surface area contributed by atoms with Gasteiger partial charge in [-0.1, -0.05) is 23.8 Å². The molecule has 0 spiro atoms. The first kappa shape index (κ1) is 19.6. The smallest absolute Gasteiger partial charge is 0.253 e. The van der Waals surface area contributed by atoms with Gasteiger partial charge in [0.1, 0.15) is 0 Å². The molecule has 28 heavy (non-hydrogen) atoms. The van der Waals surface area contributed by atoms with Crippen LogP contribution in [0, 0.1) is 12.8 Å². The summed E-state index contributed by atoms with van der Waals surface area (Å²) in [6, 6.07) is 14.6. The van der Waals surface area contributed by atoms with Crippen LogP contribution in [-0.4, -0.2) is 35.7 Å². The van der Waals surface area contributed by atoms with Crippen molar-refractivity contribution in [1.29, 1.82) is 0 Å². The van der Waals surface area contributed by atoms with E-state index in [9.17, 15) is 14.4 Å². The molecule has 0 aromatic heterocycles. The van der Waals surface area contributed by atoms with Gasteiger partial charge in [-0.3, -0.25) is 14.4 Å². The van der Waals surface area contributed by atoms with E-state index in [1.54, 1.807) is 24.3 Å². The van der Waals surface area contributed by atoms with Gasteiger partial charge in [0, 0.05) is 42.9 Å². The number of anilines is 2. The molecule has 1 heterocycles. The Bertz CT molecular complexity index is 869. The van der Waals surface area contributed by atoms with Crippen LogP contribution < -0.4 is 10.6 Å². The van der Waals surface area contributed by atoms with E-state index in [1.165, 1.54) is 6.92 Å². The summed E-state index contributed by atoms with van der Waals surface area (Å²) in [5.41, 5.74) is 3.09. The summed E-state index contributed by atoms with van der Waals surface area (Å²) in [6.07, 6.45) is 1.27. The highest BCUT2D eigenvalue weighted by Gasteiger charge is 2.27. The van der Waals surface area contributed by atoms with Crippen LogP contribution in [0.4, 0.5) is 11.4 Å². The van der Waals surface area contributed by atoms with Gasteiger partial charge in [-0.2, -0.15) is 0 Å². The number of carbonyl (C=O) groups is 3. The second kappa shape index (κ2) is 8.69. The monoisotopic (exact) mass is 379 g/mol. The number of likely N-dealkylation sites (tertiary alicyclic amines) is 1. The third-order valence-corrected chi connectivity index (χ3v) is 4.90. The molecule has 0 atom stereocenters. The van der Waals surface area contributed by atoms with Crippen molar-refractivity contribution >= 4 is 29.1 Å². The van der Waals surface area contributed by atoms with E-state index in [1.807, 2.05) is 36.1 Å². The summed E-state index contributed by atoms with van der Waals surface area (Å²) in [5.74, 6) is -0.329. The molecule has 0 unspecified atom stereocenters. The maximum Gasteiger partial charge on any atom is 0.253 e. The topological polar surface area (TPSA) is 78.5 Å². The third-order valence-electron chi connectivity index (χ3n) is 4.90. The van der Waals surface area contributed by atoms with Gasteiger partial charge >= 0.3 is 0 Å². The summed E-state index contributed by atoms with van der Waals surface area (Å²) in [7, 11) is 0. The molecule has 146 valence electrons. The molecule has 2 aromatic carbocycles. The predicted molar refractivity (Wildman–Crippen MR) is 109 cm³/mol. The maximum atomic E-state index is 12.6. The predicted octanol–water partition coefficient (Wildman–Crippen LogP) is 3.44. The molecule has 6 heteroatoms. The Morgan fingerprint density at radius 3 is 2.14 bits per heavy atom. The Morgan fingerprint density at radius 2 is 1.54 bits per heavy atom. The number of piperidine rings is 1. The number of hydrogen-bond acceptors (Lipinski definition) is 3. The number of nitrogens with one attached hydrogen (secondary N) is 2. The lowest BCUT2D eigenvalue weighted by Crippen LogP contribution is -2.41. The van der Waals surface area contributed by atoms with Gasteiger partial charge < -0.3 is 15.5 Å². The number of amides is 3. The first-order valence-corrected chi connectivity index (χ1v) is 9.47. The molecule has 3 rings (SSSR count). The molecule has 0 saturated carbocycles. The van der Waals surface area contributed by atoms with Crippen molar-refractivity contribution in [2.75, 3.05) is 23.7 Å². The normalized spacial score (nSPS) is 14.4. The van der Waals surface area contributed by atoms with Crippen molar-refractivity contribution in [2.24, 2.45) is 5.92 Å². The fourth-order valence-corrected chi connectivity index (χ4v) is 3.35. The van der Waals surface area contributed by atoms with E-state index in [-0.39, 0.29) is 23.6 Å². The van der Waals surface area contributed by atoms with Crippen LogP contribution in [0.2, 0.25) is 0 Å². The molecule has 6 nitrogen and oxygen atoms in total. The van der Waals surface area contributed by atoms with E-state index in [0.717, 1.165) is 5.56 Å². The Kier molecular flexibility index (Phi) is 6.09. The van der Waals surface area contributed by atoms with E-state index in [2.05, 4.69) is 10.6 Å². The van der Waals surface area contributed by atoms with Crippen molar-refractivity contribution in [1.82, 2.24) is 4.90 Å². The molecule has 0 bridgehead atoms. The zero-order chi connectivity index (χ0) is 20.1. The fourth-order valence-electron chi connectivity index (χ4n) is 3.35. The highest BCUT2D eigenvalue weighted by atomic mass is 16.2. The lowest BCUT2D eigenvalue weighted by Gasteiger charge is -2.31. The minimum atomic E-state index is -0.158. The molecule has 2 N–H and O–H groups in total. The molecule has 1 fully saturated rings. The average molecular weight is 379 g/mol. The quantitative estimate of drug-likeness (QED) is 0.854. The standard InChI is InChI=1S/C22H25N3O3/c1-15-6-8-18(9-7-15)22(28)25-12-10-17(11-13-25)21(27)24-20-5-3-4-19(14-20)23-16(2)26/h3-9,14,17H,10-13H2,1-2H3,(H,23,26)(H,24,27). The second-order valence-electron chi connectivity index (χ2n) is 7.18. The Balaban J connectivity index is 1.54. The molecule has 0 aliphatic carbocycles. The molecule has 1 saturated heterocycles. The van der Waals surface area contributed by atoms with E-state index in [0.29, 0.717) is 42.9 Å². The van der Waals surface area contributed by atoms with Crippen molar-refractivity contribution in [2.45, 2.75) is 26.7 Å². The van der Waals surface area contributed by atoms with Crippen LogP contribution in [0.15, 0.2) is 48.5 Å². The molecule has 1 aliphatic heterocycles. The lowest BCUT2D eigenvalue weighted by atomic mass is 9.95. The molecular weight excluding hydrogens is 354 g/mol. The number of carbonyl (C=O) groups excluding carboxylic acids is 3. The zero-order valence-electron chi connectivity index (χ0n) is 16.2. The van der Waals surface area contributed by atoms with Gasteiger partial charge in [0.25, 0.3) is 5.91 Å². The minimum Gasteiger partial charge on any atom is -0.339 e. The zero-order valence-corrected chi connectivity index (χ0v) is 16.2. The Hall–Kier alpha value is -3.15. The Labute approximate surface area is 164 Å². The van der Waals surface area contributed by atoms with Gasteiger partial charge in [-0.25, -0.2) is 0 Å². The number of aryl methyl sites for hydroxylation is 1. The van der Waals surface area contributed by atoms with Crippen LogP contribution in [0.5, 0.6) is 0 Å². The van der Waals surface area contributed by atoms with Crippen LogP contribution in [0.25, 0.3) is 0 Å². The first-order chi connectivity index (χ1) is 13.4. The van der Waals surface area contributed by atoms with Crippen molar-refractivity contribution < 1.29 is 14.4 Å². The molecule has 3 amide bonds. The molecular formula is C22H25N3O3. The Morgan fingerprint density at radius 1 is 0.929 bits per heavy atom. The lowest BCUT2D eigenvalue weighted by molar-refractivity contribution is -0.121. The molecule has 1 aliphatic rings. The van der Waals surface area contributed by atoms with E-state index >= 15 is 0 Å². The summed E-state index contributed by atoms with van der Waals surface area (Å²) in [5, 5.41) is 5.61. The second-order valence-corrected chi connectivity index (χ2v) is 7.18. The summed E-state index contributed by atoms with van der Waals surface area (Å²) < 4.78 is 0.